The summed E-state index contributed by atoms with van der Waals surface area (Å²) >= 11 is 12.5. The van der Waals surface area contributed by atoms with Gasteiger partial charge in [-0.3, -0.25) is 33.4 Å². The summed E-state index contributed by atoms with van der Waals surface area (Å²) in [6.45, 7) is 0.0621. The highest BCUT2D eigenvalue weighted by atomic mass is 35.5. The highest BCUT2D eigenvalue weighted by Gasteiger charge is 2.22. The van der Waals surface area contributed by atoms with Gasteiger partial charge >= 0.3 is 11.7 Å². The molecule has 0 aliphatic heterocycles. The van der Waals surface area contributed by atoms with Gasteiger partial charge in [0.05, 0.1) is 24.8 Å². The predicted octanol–water partition coefficient (Wildman–Crippen LogP) is 4.26. The molecule has 0 bridgehead atoms. The average Bonchev–Trinajstić information content (AvgIpc) is 3.38. The smallest absolute Gasteiger partial charge is 0.332 e. The summed E-state index contributed by atoms with van der Waals surface area (Å²) in [5, 5.41) is 15.7. The number of ether oxygens (including phenoxy) is 2. The van der Waals surface area contributed by atoms with Gasteiger partial charge in [0.1, 0.15) is 0 Å². The number of carbonyl (C=O) groups is 1. The number of amides is 1. The summed E-state index contributed by atoms with van der Waals surface area (Å²) in [6.07, 6.45) is 1.35. The number of fused-ring (bicyclic) bond motifs is 1. The van der Waals surface area contributed by atoms with Crippen molar-refractivity contribution < 1.29 is 19.2 Å². The van der Waals surface area contributed by atoms with Gasteiger partial charge < -0.3 is 9.47 Å². The number of aryl methyl sites for hydroxylation is 1. The molecule has 2 heterocycles. The lowest BCUT2D eigenvalue weighted by molar-refractivity contribution is -0.384. The van der Waals surface area contributed by atoms with E-state index in [0.29, 0.717) is 21.2 Å². The molecule has 3 aromatic carbocycles. The van der Waals surface area contributed by atoms with Gasteiger partial charge in [-0.25, -0.2) is 10.2 Å². The maximum Gasteiger partial charge on any atom is 0.332 e. The Labute approximate surface area is 263 Å². The molecule has 2 aromatic heterocycles. The number of hydrogen-bond donors (Lipinski definition) is 1. The lowest BCUT2D eigenvalue weighted by Gasteiger charge is -2.13. The molecule has 0 radical (unpaired) electrons. The number of aromatic nitrogens is 4. The number of imidazole rings is 1. The number of benzene rings is 3. The van der Waals surface area contributed by atoms with E-state index in [9.17, 15) is 24.5 Å². The van der Waals surface area contributed by atoms with Gasteiger partial charge in [-0.05, 0) is 47.5 Å². The summed E-state index contributed by atoms with van der Waals surface area (Å²) in [7, 11) is 4.28. The normalized spacial score (nSPS) is 11.2. The van der Waals surface area contributed by atoms with Crippen LogP contribution in [0.2, 0.25) is 10.0 Å². The molecule has 14 nitrogen and oxygen atoms in total. The van der Waals surface area contributed by atoms with Gasteiger partial charge in [0, 0.05) is 41.8 Å². The maximum atomic E-state index is 13.3. The van der Waals surface area contributed by atoms with Crippen molar-refractivity contribution in [3.8, 4) is 17.5 Å². The van der Waals surface area contributed by atoms with E-state index in [2.05, 4.69) is 15.5 Å². The predicted molar refractivity (Wildman–Crippen MR) is 167 cm³/mol. The van der Waals surface area contributed by atoms with Gasteiger partial charge in [0.15, 0.2) is 22.7 Å². The second-order valence-electron chi connectivity index (χ2n) is 9.61. The number of methoxy groups -OCH3 is 1. The number of non-ortho nitro benzene ring substituents is 1. The highest BCUT2D eigenvalue weighted by molar-refractivity contribution is 6.35. The molecule has 0 fully saturated rings. The number of halogens is 2. The molecule has 0 spiro atoms. The van der Waals surface area contributed by atoms with Crippen molar-refractivity contribution in [3.63, 3.8) is 0 Å². The van der Waals surface area contributed by atoms with Crippen LogP contribution in [0.3, 0.4) is 0 Å². The molecule has 0 atom stereocenters. The molecule has 1 N–H and O–H groups in total. The monoisotopic (exact) mass is 651 g/mol. The summed E-state index contributed by atoms with van der Waals surface area (Å²) in [5.74, 6) is -0.160. The van der Waals surface area contributed by atoms with Crippen molar-refractivity contribution in [2.75, 3.05) is 7.11 Å². The van der Waals surface area contributed by atoms with Crippen LogP contribution in [-0.4, -0.2) is 42.8 Å². The van der Waals surface area contributed by atoms with E-state index in [4.69, 9.17) is 32.7 Å². The zero-order valence-electron chi connectivity index (χ0n) is 23.9. The molecular formula is C29H23Cl2N7O7. The number of hydrazone groups is 1. The van der Waals surface area contributed by atoms with E-state index < -0.39 is 22.1 Å². The van der Waals surface area contributed by atoms with E-state index in [-0.39, 0.29) is 46.5 Å². The fourth-order valence-corrected chi connectivity index (χ4v) is 4.88. The molecule has 1 amide bonds. The third-order valence-electron chi connectivity index (χ3n) is 6.74. The molecule has 16 heteroatoms. The van der Waals surface area contributed by atoms with Crippen LogP contribution in [0, 0.1) is 10.1 Å². The zero-order chi connectivity index (χ0) is 32.4. The minimum atomic E-state index is -0.637. The molecule has 0 unspecified atom stereocenters. The molecule has 0 saturated carbocycles. The minimum absolute atomic E-state index is 0.0155. The van der Waals surface area contributed by atoms with E-state index in [1.807, 2.05) is 0 Å². The summed E-state index contributed by atoms with van der Waals surface area (Å²) in [6, 6.07) is 14.9. The van der Waals surface area contributed by atoms with Crippen molar-refractivity contribution in [2.24, 2.45) is 19.2 Å². The molecule has 45 heavy (non-hydrogen) atoms. The average molecular weight is 652 g/mol. The van der Waals surface area contributed by atoms with Gasteiger partial charge in [0.2, 0.25) is 0 Å². The fourth-order valence-electron chi connectivity index (χ4n) is 4.41. The van der Waals surface area contributed by atoms with Crippen LogP contribution in [0.1, 0.15) is 21.5 Å². The molecule has 5 rings (SSSR count). The Balaban J connectivity index is 1.47. The van der Waals surface area contributed by atoms with Crippen molar-refractivity contribution in [1.29, 1.82) is 0 Å². The van der Waals surface area contributed by atoms with Crippen LogP contribution in [0.5, 0.6) is 17.5 Å². The molecule has 230 valence electrons. The molecule has 0 aliphatic carbocycles. The number of hydrogen-bond acceptors (Lipinski definition) is 9. The first-order valence-electron chi connectivity index (χ1n) is 13.0. The van der Waals surface area contributed by atoms with E-state index >= 15 is 0 Å². The second-order valence-corrected chi connectivity index (χ2v) is 10.5. The van der Waals surface area contributed by atoms with Gasteiger partial charge in [0.25, 0.3) is 17.2 Å². The Morgan fingerprint density at radius 1 is 1.07 bits per heavy atom. The summed E-state index contributed by atoms with van der Waals surface area (Å²) < 4.78 is 15.4. The molecular weight excluding hydrogens is 629 g/mol. The van der Waals surface area contributed by atoms with Crippen LogP contribution in [0.4, 0.5) is 5.69 Å². The SMILES string of the molecule is COc1cc(/C=N\NC(=O)c2cccc([N+](=O)[O-])c2)ccc1Oc1nc2c(c(=O)n(C)c(=O)n2C)n1Cc1ccc(Cl)cc1Cl. The van der Waals surface area contributed by atoms with Crippen molar-refractivity contribution in [2.45, 2.75) is 6.54 Å². The van der Waals surface area contributed by atoms with Crippen molar-refractivity contribution in [3.05, 3.63) is 118 Å². The first kappa shape index (κ1) is 31.0. The number of rotatable bonds is 9. The summed E-state index contributed by atoms with van der Waals surface area (Å²) in [4.78, 5) is 53.1. The lowest BCUT2D eigenvalue weighted by Crippen LogP contribution is -2.37. The number of carbonyl (C=O) groups excluding carboxylic acids is 1. The van der Waals surface area contributed by atoms with Crippen molar-refractivity contribution >= 4 is 52.2 Å². The molecule has 0 saturated heterocycles. The zero-order valence-corrected chi connectivity index (χ0v) is 25.4. The van der Waals surface area contributed by atoms with Crippen LogP contribution in [0.15, 0.2) is 75.4 Å². The number of nitrogens with zero attached hydrogens (tertiary/aromatic N) is 6. The minimum Gasteiger partial charge on any atom is -0.493 e. The topological polar surface area (TPSA) is 165 Å². The van der Waals surface area contributed by atoms with Crippen LogP contribution < -0.4 is 26.1 Å². The highest BCUT2D eigenvalue weighted by Crippen LogP contribution is 2.34. The van der Waals surface area contributed by atoms with E-state index in [1.165, 1.54) is 54.8 Å². The Kier molecular flexibility index (Phi) is 8.70. The Morgan fingerprint density at radius 2 is 1.84 bits per heavy atom. The van der Waals surface area contributed by atoms with E-state index in [1.54, 1.807) is 36.4 Å². The summed E-state index contributed by atoms with van der Waals surface area (Å²) in [5.41, 5.74) is 2.37. The molecule has 5 aromatic rings. The van der Waals surface area contributed by atoms with Crippen molar-refractivity contribution in [1.82, 2.24) is 24.1 Å². The molecule has 0 aliphatic rings. The number of nitrogens with one attached hydrogen (secondary N) is 1. The fraction of sp³-hybridized carbons (Fsp3) is 0.138. The van der Waals surface area contributed by atoms with Crippen LogP contribution in [-0.2, 0) is 20.6 Å². The number of nitro benzene ring substituents is 1. The third kappa shape index (κ3) is 6.27. The van der Waals surface area contributed by atoms with Crippen LogP contribution >= 0.6 is 23.2 Å². The third-order valence-corrected chi connectivity index (χ3v) is 7.33. The van der Waals surface area contributed by atoms with Gasteiger partial charge in [-0.2, -0.15) is 10.1 Å². The Bertz CT molecular complexity index is 2140. The quantitative estimate of drug-likeness (QED) is 0.140. The van der Waals surface area contributed by atoms with Crippen LogP contribution in [0.25, 0.3) is 11.2 Å². The first-order valence-corrected chi connectivity index (χ1v) is 13.8. The first-order chi connectivity index (χ1) is 21.5. The Morgan fingerprint density at radius 3 is 2.56 bits per heavy atom. The number of nitro groups is 1. The second kappa shape index (κ2) is 12.6. The van der Waals surface area contributed by atoms with E-state index in [0.717, 1.165) is 10.6 Å². The van der Waals surface area contributed by atoms with Gasteiger partial charge in [-0.15, -0.1) is 0 Å². The standard InChI is InChI=1S/C29H23Cl2N7O7/c1-35-25-24(27(40)36(2)29(35)41)37(15-18-8-9-19(30)13-21(18)31)28(33-25)45-22-10-7-16(11-23(22)44-3)14-32-34-26(39)17-5-4-6-20(12-17)38(42)43/h4-14H,15H2,1-3H3,(H,34,39)/b32-14-. The maximum absolute atomic E-state index is 13.3. The lowest BCUT2D eigenvalue weighted by atomic mass is 10.2. The van der Waals surface area contributed by atoms with Gasteiger partial charge in [-0.1, -0.05) is 35.3 Å². The largest absolute Gasteiger partial charge is 0.493 e. The Hall–Kier alpha value is -5.47.